The van der Waals surface area contributed by atoms with Crippen molar-refractivity contribution < 1.29 is 19.0 Å². The summed E-state index contributed by atoms with van der Waals surface area (Å²) in [6, 6.07) is 6.53. The predicted molar refractivity (Wildman–Crippen MR) is 116 cm³/mol. The topological polar surface area (TPSA) is 51.2 Å². The van der Waals surface area contributed by atoms with E-state index in [4.69, 9.17) is 14.2 Å². The van der Waals surface area contributed by atoms with Crippen LogP contribution in [0.4, 0.5) is 0 Å². The van der Waals surface area contributed by atoms with Gasteiger partial charge in [0.2, 0.25) is 5.91 Å². The highest BCUT2D eigenvalue weighted by Crippen LogP contribution is 2.32. The SMILES string of the molecule is COc1ccc(CN2CCOCC2)cc1OCC[C@@H]1CCCCN1C(=O)C1CCC1. The van der Waals surface area contributed by atoms with Gasteiger partial charge in [0, 0.05) is 44.6 Å². The molecule has 0 unspecified atom stereocenters. The number of carbonyl (C=O) groups is 1. The average molecular weight is 417 g/mol. The van der Waals surface area contributed by atoms with E-state index in [1.165, 1.54) is 18.4 Å². The zero-order chi connectivity index (χ0) is 20.8. The molecule has 1 amide bonds. The second-order valence-electron chi connectivity index (χ2n) is 8.82. The molecule has 2 saturated heterocycles. The van der Waals surface area contributed by atoms with Crippen molar-refractivity contribution in [2.75, 3.05) is 46.6 Å². The molecule has 30 heavy (non-hydrogen) atoms. The molecule has 1 aliphatic carbocycles. The highest BCUT2D eigenvalue weighted by molar-refractivity contribution is 5.80. The molecule has 6 nitrogen and oxygen atoms in total. The number of hydrogen-bond donors (Lipinski definition) is 0. The van der Waals surface area contributed by atoms with Crippen molar-refractivity contribution in [2.24, 2.45) is 5.92 Å². The highest BCUT2D eigenvalue weighted by atomic mass is 16.5. The first-order valence-electron chi connectivity index (χ1n) is 11.6. The molecule has 0 spiro atoms. The highest BCUT2D eigenvalue weighted by Gasteiger charge is 2.34. The summed E-state index contributed by atoms with van der Waals surface area (Å²) in [6.07, 6.45) is 7.67. The Labute approximate surface area is 180 Å². The molecular weight excluding hydrogens is 380 g/mol. The number of carbonyl (C=O) groups excluding carboxylic acids is 1. The minimum absolute atomic E-state index is 0.281. The quantitative estimate of drug-likeness (QED) is 0.649. The van der Waals surface area contributed by atoms with Crippen LogP contribution in [0.25, 0.3) is 0 Å². The number of methoxy groups -OCH3 is 1. The normalized spacial score (nSPS) is 23.1. The van der Waals surface area contributed by atoms with Gasteiger partial charge >= 0.3 is 0 Å². The number of morpholine rings is 1. The minimum atomic E-state index is 0.281. The van der Waals surface area contributed by atoms with Gasteiger partial charge in [0.05, 0.1) is 26.9 Å². The number of hydrogen-bond acceptors (Lipinski definition) is 5. The number of benzene rings is 1. The van der Waals surface area contributed by atoms with Crippen molar-refractivity contribution in [1.29, 1.82) is 0 Å². The molecule has 0 bridgehead atoms. The lowest BCUT2D eigenvalue weighted by Crippen LogP contribution is -2.48. The lowest BCUT2D eigenvalue weighted by Gasteiger charge is -2.40. The fraction of sp³-hybridized carbons (Fsp3) is 0.708. The number of rotatable bonds is 8. The van der Waals surface area contributed by atoms with Crippen LogP contribution in [0.5, 0.6) is 11.5 Å². The van der Waals surface area contributed by atoms with E-state index in [1.807, 2.05) is 6.07 Å². The minimum Gasteiger partial charge on any atom is -0.493 e. The molecule has 3 aliphatic rings. The van der Waals surface area contributed by atoms with Crippen LogP contribution in [0.1, 0.15) is 50.5 Å². The lowest BCUT2D eigenvalue weighted by atomic mass is 9.83. The summed E-state index contributed by atoms with van der Waals surface area (Å²) in [5, 5.41) is 0. The maximum Gasteiger partial charge on any atom is 0.225 e. The van der Waals surface area contributed by atoms with Gasteiger partial charge < -0.3 is 19.1 Å². The Hall–Kier alpha value is -1.79. The summed E-state index contributed by atoms with van der Waals surface area (Å²) in [4.78, 5) is 17.4. The van der Waals surface area contributed by atoms with Crippen molar-refractivity contribution in [1.82, 2.24) is 9.80 Å². The van der Waals surface area contributed by atoms with Crippen molar-refractivity contribution in [3.05, 3.63) is 23.8 Å². The molecule has 3 fully saturated rings. The fourth-order valence-electron chi connectivity index (χ4n) is 4.74. The Morgan fingerprint density at radius 3 is 2.63 bits per heavy atom. The Balaban J connectivity index is 1.33. The first-order chi connectivity index (χ1) is 14.7. The summed E-state index contributed by atoms with van der Waals surface area (Å²) in [7, 11) is 1.68. The number of ether oxygens (including phenoxy) is 3. The standard InChI is InChI=1S/C24H36N2O4/c1-28-22-9-8-19(18-25-12-15-29-16-13-25)17-23(22)30-14-10-21-7-2-3-11-26(21)24(27)20-5-4-6-20/h8-9,17,20-21H,2-7,10-16,18H2,1H3/t21-/m0/s1. The Kier molecular flexibility index (Phi) is 7.50. The number of piperidine rings is 1. The van der Waals surface area contributed by atoms with Gasteiger partial charge in [-0.15, -0.1) is 0 Å². The number of likely N-dealkylation sites (tertiary alicyclic amines) is 1. The molecule has 0 N–H and O–H groups in total. The maximum atomic E-state index is 12.8. The van der Waals surface area contributed by atoms with Gasteiger partial charge in [-0.2, -0.15) is 0 Å². The zero-order valence-corrected chi connectivity index (χ0v) is 18.3. The lowest BCUT2D eigenvalue weighted by molar-refractivity contribution is -0.142. The summed E-state index contributed by atoms with van der Waals surface area (Å²) < 4.78 is 17.2. The van der Waals surface area contributed by atoms with Crippen LogP contribution < -0.4 is 9.47 Å². The largest absolute Gasteiger partial charge is 0.493 e. The van der Waals surface area contributed by atoms with Crippen molar-refractivity contribution >= 4 is 5.91 Å². The summed E-state index contributed by atoms with van der Waals surface area (Å²) in [6.45, 7) is 5.96. The van der Waals surface area contributed by atoms with E-state index in [-0.39, 0.29) is 5.92 Å². The zero-order valence-electron chi connectivity index (χ0n) is 18.3. The van der Waals surface area contributed by atoms with E-state index < -0.39 is 0 Å². The summed E-state index contributed by atoms with van der Waals surface area (Å²) in [5.74, 6) is 2.24. The van der Waals surface area contributed by atoms with Crippen LogP contribution in [-0.2, 0) is 16.1 Å². The van der Waals surface area contributed by atoms with Gasteiger partial charge in [-0.3, -0.25) is 9.69 Å². The maximum absolute atomic E-state index is 12.8. The molecule has 1 aromatic rings. The first-order valence-corrected chi connectivity index (χ1v) is 11.6. The number of amides is 1. The van der Waals surface area contributed by atoms with Gasteiger partial charge in [-0.25, -0.2) is 0 Å². The monoisotopic (exact) mass is 416 g/mol. The second kappa shape index (κ2) is 10.5. The van der Waals surface area contributed by atoms with Gasteiger partial charge in [-0.1, -0.05) is 12.5 Å². The van der Waals surface area contributed by atoms with Crippen LogP contribution in [-0.4, -0.2) is 68.3 Å². The van der Waals surface area contributed by atoms with E-state index >= 15 is 0 Å². The van der Waals surface area contributed by atoms with E-state index in [2.05, 4.69) is 21.9 Å². The number of nitrogens with zero attached hydrogens (tertiary/aromatic N) is 2. The van der Waals surface area contributed by atoms with Crippen LogP contribution >= 0.6 is 0 Å². The van der Waals surface area contributed by atoms with E-state index in [1.54, 1.807) is 7.11 Å². The van der Waals surface area contributed by atoms with Gasteiger partial charge in [-0.05, 0) is 49.8 Å². The molecule has 1 atom stereocenters. The van der Waals surface area contributed by atoms with Crippen LogP contribution in [0.15, 0.2) is 18.2 Å². The van der Waals surface area contributed by atoms with Gasteiger partial charge in [0.25, 0.3) is 0 Å². The Morgan fingerprint density at radius 1 is 1.07 bits per heavy atom. The first kappa shape index (κ1) is 21.4. The van der Waals surface area contributed by atoms with Crippen LogP contribution in [0.2, 0.25) is 0 Å². The molecule has 4 rings (SSSR count). The van der Waals surface area contributed by atoms with Crippen molar-refractivity contribution in [3.8, 4) is 11.5 Å². The summed E-state index contributed by atoms with van der Waals surface area (Å²) >= 11 is 0. The van der Waals surface area contributed by atoms with E-state index in [0.29, 0.717) is 18.6 Å². The third kappa shape index (κ3) is 5.27. The third-order valence-corrected chi connectivity index (χ3v) is 6.81. The van der Waals surface area contributed by atoms with Gasteiger partial charge in [0.15, 0.2) is 11.5 Å². The molecule has 0 radical (unpaired) electrons. The van der Waals surface area contributed by atoms with Crippen molar-refractivity contribution in [3.63, 3.8) is 0 Å². The molecule has 1 saturated carbocycles. The van der Waals surface area contributed by atoms with Crippen LogP contribution in [0, 0.1) is 5.92 Å². The van der Waals surface area contributed by atoms with Gasteiger partial charge in [0.1, 0.15) is 0 Å². The van der Waals surface area contributed by atoms with Crippen molar-refractivity contribution in [2.45, 2.75) is 57.5 Å². The second-order valence-corrected chi connectivity index (χ2v) is 8.82. The predicted octanol–water partition coefficient (Wildman–Crippen LogP) is 3.48. The Morgan fingerprint density at radius 2 is 1.90 bits per heavy atom. The van der Waals surface area contributed by atoms with E-state index in [9.17, 15) is 4.79 Å². The molecule has 1 aromatic carbocycles. The molecule has 166 valence electrons. The molecule has 2 heterocycles. The Bertz CT molecular complexity index is 700. The van der Waals surface area contributed by atoms with Crippen LogP contribution in [0.3, 0.4) is 0 Å². The third-order valence-electron chi connectivity index (χ3n) is 6.81. The fourth-order valence-corrected chi connectivity index (χ4v) is 4.74. The summed E-state index contributed by atoms with van der Waals surface area (Å²) in [5.41, 5.74) is 1.23. The average Bonchev–Trinajstić information content (AvgIpc) is 2.74. The smallest absolute Gasteiger partial charge is 0.225 e. The molecular formula is C24H36N2O4. The molecule has 0 aromatic heterocycles. The van der Waals surface area contributed by atoms with E-state index in [0.717, 1.165) is 83.0 Å². The molecule has 6 heteroatoms. The molecule has 2 aliphatic heterocycles.